The molecule has 1 unspecified atom stereocenters. The molecule has 2 aliphatic rings. The Bertz CT molecular complexity index is 1400. The first-order valence-electron chi connectivity index (χ1n) is 14.1. The third-order valence-corrected chi connectivity index (χ3v) is 9.02. The van der Waals surface area contributed by atoms with Gasteiger partial charge in [0.1, 0.15) is 12.4 Å². The Kier molecular flexibility index (Phi) is 10.6. The fourth-order valence-corrected chi connectivity index (χ4v) is 5.60. The predicted octanol–water partition coefficient (Wildman–Crippen LogP) is 9.63. The number of aryl methyl sites for hydroxylation is 1. The zero-order chi connectivity index (χ0) is 30.3. The van der Waals surface area contributed by atoms with Crippen molar-refractivity contribution >= 4 is 34.1 Å². The number of rotatable bonds is 12. The lowest BCUT2D eigenvalue weighted by molar-refractivity contribution is -0.138. The highest BCUT2D eigenvalue weighted by atomic mass is 127. The molecule has 0 spiro atoms. The van der Waals surface area contributed by atoms with E-state index in [4.69, 9.17) is 9.47 Å². The maximum atomic E-state index is 12.7. The van der Waals surface area contributed by atoms with E-state index in [-0.39, 0.29) is 12.4 Å². The molecule has 0 aromatic heterocycles. The van der Waals surface area contributed by atoms with E-state index in [0.29, 0.717) is 36.9 Å². The molecule has 1 heterocycles. The number of carbonyl (C=O) groups is 1. The summed E-state index contributed by atoms with van der Waals surface area (Å²) in [6, 6.07) is 13.1. The van der Waals surface area contributed by atoms with Crippen molar-refractivity contribution in [1.29, 1.82) is 0 Å². The van der Waals surface area contributed by atoms with Gasteiger partial charge in [0.25, 0.3) is 0 Å². The average molecular weight is 689 g/mol. The van der Waals surface area contributed by atoms with Crippen molar-refractivity contribution in [3.05, 3.63) is 108 Å². The number of halogens is 4. The first-order valence-corrected chi connectivity index (χ1v) is 15.7. The van der Waals surface area contributed by atoms with Gasteiger partial charge in [-0.05, 0) is 77.1 Å². The summed E-state index contributed by atoms with van der Waals surface area (Å²) < 4.78 is 50.5. The van der Waals surface area contributed by atoms with Crippen molar-refractivity contribution in [2.75, 3.05) is 17.6 Å². The van der Waals surface area contributed by atoms with E-state index >= 15 is 0 Å². The second kappa shape index (κ2) is 13.9. The molecule has 0 saturated heterocycles. The molecule has 1 saturated carbocycles. The quantitative estimate of drug-likeness (QED) is 0.0733. The Balaban J connectivity index is 1.69. The summed E-state index contributed by atoms with van der Waals surface area (Å²) in [4.78, 5) is 12.4. The number of hydrogen-bond acceptors (Lipinski definition) is 3. The Morgan fingerprint density at radius 2 is 1.88 bits per heavy atom. The van der Waals surface area contributed by atoms with Crippen LogP contribution in [0.1, 0.15) is 43.7 Å². The van der Waals surface area contributed by atoms with E-state index in [9.17, 15) is 18.0 Å². The zero-order valence-electron chi connectivity index (χ0n) is 23.8. The first-order chi connectivity index (χ1) is 20.1. The number of fused-ring (bicyclic) bond motifs is 1. The minimum atomic E-state index is -4.18. The van der Waals surface area contributed by atoms with Crippen LogP contribution in [-0.2, 0) is 16.0 Å². The van der Waals surface area contributed by atoms with Crippen molar-refractivity contribution in [2.24, 2.45) is 11.3 Å². The van der Waals surface area contributed by atoms with Crippen LogP contribution in [0.15, 0.2) is 97.1 Å². The van der Waals surface area contributed by atoms with Gasteiger partial charge < -0.3 is 9.47 Å². The molecule has 7 heteroatoms. The number of carbonyl (C=O) groups excluding carboxylic acids is 1. The second-order valence-corrected chi connectivity index (χ2v) is 11.7. The highest BCUT2D eigenvalue weighted by Crippen LogP contribution is 2.42. The van der Waals surface area contributed by atoms with Gasteiger partial charge in [0.15, 0.2) is 0 Å². The summed E-state index contributed by atoms with van der Waals surface area (Å²) in [5, 5.41) is 0. The smallest absolute Gasteiger partial charge is 0.389 e. The zero-order valence-corrected chi connectivity index (χ0v) is 26.0. The molecule has 1 aliphatic heterocycles. The standard InChI is InChI=1S/C35H36F3IO3/c1-4-24(3)34(22-39)20-30(13-8-25(5-2)18-33(40)41-21-27-6-7-27)31-19-29(14-15-32(31)42-23-34)28-11-9-26(10-12-28)16-17-35(36,37)38/h4,8-15,18-20,27H,1,3,5-7,16-17,21-23H2,2H3/b13-8+,25-18+. The molecule has 0 N–H and O–H groups in total. The minimum absolute atomic E-state index is 0.0491. The van der Waals surface area contributed by atoms with Crippen LogP contribution in [0.3, 0.4) is 0 Å². The monoisotopic (exact) mass is 688 g/mol. The van der Waals surface area contributed by atoms with Gasteiger partial charge in [-0.15, -0.1) is 0 Å². The van der Waals surface area contributed by atoms with Gasteiger partial charge in [-0.2, -0.15) is 13.2 Å². The lowest BCUT2D eigenvalue weighted by Gasteiger charge is -2.28. The van der Waals surface area contributed by atoms with Crippen LogP contribution >= 0.6 is 22.6 Å². The average Bonchev–Trinajstić information content (AvgIpc) is 3.83. The van der Waals surface area contributed by atoms with Crippen molar-refractivity contribution in [3.63, 3.8) is 0 Å². The van der Waals surface area contributed by atoms with Crippen LogP contribution in [0.4, 0.5) is 13.2 Å². The van der Waals surface area contributed by atoms with E-state index in [0.717, 1.165) is 50.7 Å². The van der Waals surface area contributed by atoms with Crippen LogP contribution in [0.5, 0.6) is 5.75 Å². The second-order valence-electron chi connectivity index (χ2n) is 10.9. The number of allylic oxidation sites excluding steroid dienone is 5. The first kappa shape index (κ1) is 31.9. The molecule has 1 aliphatic carbocycles. The van der Waals surface area contributed by atoms with Gasteiger partial charge in [-0.3, -0.25) is 0 Å². The van der Waals surface area contributed by atoms with Gasteiger partial charge in [-0.25, -0.2) is 4.79 Å². The SMILES string of the molecule is C=CC(=C)C1(CI)C=C(/C=C/C(=C/C(=O)OCC2CC2)CC)c2cc(-c3ccc(CCC(F)(F)F)cc3)ccc2OC1. The van der Waals surface area contributed by atoms with Gasteiger partial charge in [-0.1, -0.05) is 97.3 Å². The predicted molar refractivity (Wildman–Crippen MR) is 172 cm³/mol. The molecule has 2 aromatic carbocycles. The van der Waals surface area contributed by atoms with Crippen LogP contribution in [0.2, 0.25) is 0 Å². The number of esters is 1. The number of ether oxygens (including phenoxy) is 2. The fraction of sp³-hybridized carbons (Fsp3) is 0.343. The van der Waals surface area contributed by atoms with E-state index in [1.165, 1.54) is 0 Å². The van der Waals surface area contributed by atoms with Gasteiger partial charge >= 0.3 is 12.1 Å². The number of alkyl halides is 4. The fourth-order valence-electron chi connectivity index (χ4n) is 4.67. The highest BCUT2D eigenvalue weighted by Gasteiger charge is 2.33. The Morgan fingerprint density at radius 1 is 1.17 bits per heavy atom. The molecule has 0 radical (unpaired) electrons. The molecular formula is C35H36F3IO3. The molecular weight excluding hydrogens is 652 g/mol. The third kappa shape index (κ3) is 8.49. The Labute approximate surface area is 260 Å². The molecule has 4 rings (SSSR count). The van der Waals surface area contributed by atoms with Crippen molar-refractivity contribution in [1.82, 2.24) is 0 Å². The molecule has 2 aromatic rings. The van der Waals surface area contributed by atoms with Crippen LogP contribution in [-0.4, -0.2) is 29.8 Å². The molecule has 1 fully saturated rings. The number of hydrogen-bond donors (Lipinski definition) is 0. The van der Waals surface area contributed by atoms with E-state index in [2.05, 4.69) is 41.8 Å². The molecule has 1 atom stereocenters. The summed E-state index contributed by atoms with van der Waals surface area (Å²) in [5.74, 6) is 0.885. The lowest BCUT2D eigenvalue weighted by Crippen LogP contribution is -2.29. The third-order valence-electron chi connectivity index (χ3n) is 7.66. The molecule has 3 nitrogen and oxygen atoms in total. The number of benzene rings is 2. The normalized spacial score (nSPS) is 19.0. The minimum Gasteiger partial charge on any atom is -0.492 e. The van der Waals surface area contributed by atoms with Gasteiger partial charge in [0, 0.05) is 22.5 Å². The molecule has 0 bridgehead atoms. The van der Waals surface area contributed by atoms with Crippen LogP contribution < -0.4 is 4.74 Å². The van der Waals surface area contributed by atoms with E-state index in [1.807, 2.05) is 49.4 Å². The lowest BCUT2D eigenvalue weighted by atomic mass is 9.81. The summed E-state index contributed by atoms with van der Waals surface area (Å²) in [5.41, 5.74) is 5.44. The summed E-state index contributed by atoms with van der Waals surface area (Å²) in [7, 11) is 0. The Morgan fingerprint density at radius 3 is 2.50 bits per heavy atom. The topological polar surface area (TPSA) is 35.5 Å². The molecule has 42 heavy (non-hydrogen) atoms. The van der Waals surface area contributed by atoms with Crippen LogP contribution in [0.25, 0.3) is 16.7 Å². The maximum absolute atomic E-state index is 12.7. The van der Waals surface area contributed by atoms with Crippen molar-refractivity contribution < 1.29 is 27.4 Å². The summed E-state index contributed by atoms with van der Waals surface area (Å²) in [6.45, 7) is 11.1. The van der Waals surface area contributed by atoms with Crippen LogP contribution in [0, 0.1) is 11.3 Å². The van der Waals surface area contributed by atoms with Crippen molar-refractivity contribution in [2.45, 2.75) is 45.2 Å². The van der Waals surface area contributed by atoms with Gasteiger partial charge in [0.05, 0.1) is 12.0 Å². The molecule has 0 amide bonds. The largest absolute Gasteiger partial charge is 0.492 e. The van der Waals surface area contributed by atoms with Gasteiger partial charge in [0.2, 0.25) is 0 Å². The summed E-state index contributed by atoms with van der Waals surface area (Å²) in [6.07, 6.45) is 7.23. The van der Waals surface area contributed by atoms with E-state index in [1.54, 1.807) is 24.3 Å². The summed E-state index contributed by atoms with van der Waals surface area (Å²) >= 11 is 2.34. The van der Waals surface area contributed by atoms with E-state index < -0.39 is 18.0 Å². The Hall–Kier alpha value is -3.07. The van der Waals surface area contributed by atoms with Crippen molar-refractivity contribution in [3.8, 4) is 16.9 Å². The molecule has 222 valence electrons. The maximum Gasteiger partial charge on any atom is 0.389 e. The highest BCUT2D eigenvalue weighted by molar-refractivity contribution is 14.1.